The molecule has 0 radical (unpaired) electrons. The quantitative estimate of drug-likeness (QED) is 0.535. The normalized spacial score (nSPS) is 23.1. The summed E-state index contributed by atoms with van der Waals surface area (Å²) in [6.07, 6.45) is 6.58. The van der Waals surface area contributed by atoms with Crippen LogP contribution in [0.4, 0.5) is 30.8 Å². The highest BCUT2D eigenvalue weighted by Gasteiger charge is 2.27. The van der Waals surface area contributed by atoms with E-state index in [0.717, 1.165) is 32.0 Å². The van der Waals surface area contributed by atoms with Crippen LogP contribution >= 0.6 is 0 Å². The van der Waals surface area contributed by atoms with E-state index in [4.69, 9.17) is 4.74 Å². The maximum absolute atomic E-state index is 14.3. The number of imidazole rings is 1. The van der Waals surface area contributed by atoms with Gasteiger partial charge in [0.15, 0.2) is 17.3 Å². The van der Waals surface area contributed by atoms with Crippen molar-refractivity contribution in [1.82, 2.24) is 19.5 Å². The number of aromatic nitrogens is 4. The van der Waals surface area contributed by atoms with Crippen LogP contribution in [0, 0.1) is 23.4 Å². The van der Waals surface area contributed by atoms with Crippen molar-refractivity contribution < 1.29 is 22.7 Å². The van der Waals surface area contributed by atoms with Crippen LogP contribution in [0.15, 0.2) is 18.3 Å². The zero-order valence-corrected chi connectivity index (χ0v) is 17.7. The van der Waals surface area contributed by atoms with E-state index in [1.807, 2.05) is 0 Å². The third-order valence-electron chi connectivity index (χ3n) is 6.24. The SMILES string of the molecule is O=C[C@H]1CC[C@H](Nc2ncc3nc(Nc4c(F)cc(F)cc4F)n([C@H]4CCOC4)c3n2)CC1. The molecule has 11 heteroatoms. The Balaban J connectivity index is 1.48. The van der Waals surface area contributed by atoms with E-state index in [9.17, 15) is 18.0 Å². The maximum Gasteiger partial charge on any atom is 0.224 e. The van der Waals surface area contributed by atoms with Crippen LogP contribution in [-0.2, 0) is 9.53 Å². The van der Waals surface area contributed by atoms with E-state index < -0.39 is 23.1 Å². The van der Waals surface area contributed by atoms with Crippen LogP contribution in [0.25, 0.3) is 11.2 Å². The first-order chi connectivity index (χ1) is 16.0. The first-order valence-electron chi connectivity index (χ1n) is 11.0. The predicted molar refractivity (Wildman–Crippen MR) is 115 cm³/mol. The van der Waals surface area contributed by atoms with Gasteiger partial charge in [0.2, 0.25) is 11.9 Å². The van der Waals surface area contributed by atoms with E-state index in [-0.39, 0.29) is 23.9 Å². The zero-order valence-electron chi connectivity index (χ0n) is 17.7. The number of halogens is 3. The van der Waals surface area contributed by atoms with Crippen LogP contribution in [0.2, 0.25) is 0 Å². The zero-order chi connectivity index (χ0) is 22.9. The Labute approximate surface area is 187 Å². The lowest BCUT2D eigenvalue weighted by Crippen LogP contribution is -2.27. The molecule has 0 bridgehead atoms. The number of nitrogens with one attached hydrogen (secondary N) is 2. The van der Waals surface area contributed by atoms with Crippen molar-refractivity contribution in [2.24, 2.45) is 5.92 Å². The van der Waals surface area contributed by atoms with Crippen LogP contribution in [0.3, 0.4) is 0 Å². The summed E-state index contributed by atoms with van der Waals surface area (Å²) < 4.78 is 49.1. The molecular formula is C22H23F3N6O2. The van der Waals surface area contributed by atoms with Gasteiger partial charge in [0.1, 0.15) is 23.3 Å². The lowest BCUT2D eigenvalue weighted by atomic mass is 9.87. The molecule has 174 valence electrons. The Morgan fingerprint density at radius 3 is 2.48 bits per heavy atom. The van der Waals surface area contributed by atoms with E-state index >= 15 is 0 Å². The molecule has 1 aliphatic carbocycles. The first kappa shape index (κ1) is 21.6. The van der Waals surface area contributed by atoms with Crippen molar-refractivity contribution >= 4 is 35.0 Å². The average Bonchev–Trinajstić information content (AvgIpc) is 3.44. The number of hydrogen-bond donors (Lipinski definition) is 2. The lowest BCUT2D eigenvalue weighted by Gasteiger charge is -2.26. The number of fused-ring (bicyclic) bond motifs is 1. The maximum atomic E-state index is 14.3. The minimum atomic E-state index is -1.06. The second-order valence-electron chi connectivity index (χ2n) is 8.49. The summed E-state index contributed by atoms with van der Waals surface area (Å²) >= 11 is 0. The van der Waals surface area contributed by atoms with E-state index in [0.29, 0.717) is 48.9 Å². The fourth-order valence-electron chi connectivity index (χ4n) is 4.48. The van der Waals surface area contributed by atoms with Gasteiger partial charge in [-0.3, -0.25) is 4.57 Å². The Bertz CT molecular complexity index is 1150. The number of carbonyl (C=O) groups is 1. The molecule has 2 aliphatic rings. The van der Waals surface area contributed by atoms with Crippen molar-refractivity contribution in [2.45, 2.75) is 44.2 Å². The van der Waals surface area contributed by atoms with Gasteiger partial charge in [0.05, 0.1) is 18.8 Å². The second kappa shape index (κ2) is 8.97. The molecule has 2 N–H and O–H groups in total. The smallest absolute Gasteiger partial charge is 0.224 e. The fraction of sp³-hybridized carbons (Fsp3) is 0.455. The number of hydrogen-bond acceptors (Lipinski definition) is 7. The number of benzene rings is 1. The summed E-state index contributed by atoms with van der Waals surface area (Å²) in [5.74, 6) is -2.43. The van der Waals surface area contributed by atoms with Crippen LogP contribution in [-0.4, -0.2) is 45.1 Å². The van der Waals surface area contributed by atoms with Gasteiger partial charge in [0, 0.05) is 30.7 Å². The molecule has 1 aliphatic heterocycles. The summed E-state index contributed by atoms with van der Waals surface area (Å²) in [5.41, 5.74) is 0.447. The van der Waals surface area contributed by atoms with Gasteiger partial charge in [0.25, 0.3) is 0 Å². The highest BCUT2D eigenvalue weighted by Crippen LogP contribution is 2.32. The monoisotopic (exact) mass is 460 g/mol. The lowest BCUT2D eigenvalue weighted by molar-refractivity contribution is -0.111. The largest absolute Gasteiger partial charge is 0.379 e. The summed E-state index contributed by atoms with van der Waals surface area (Å²) in [6, 6.07) is 1.23. The Morgan fingerprint density at radius 1 is 1.06 bits per heavy atom. The molecule has 0 spiro atoms. The topological polar surface area (TPSA) is 94.0 Å². The van der Waals surface area contributed by atoms with Gasteiger partial charge < -0.3 is 20.2 Å². The number of nitrogens with zero attached hydrogens (tertiary/aromatic N) is 4. The van der Waals surface area contributed by atoms with Gasteiger partial charge >= 0.3 is 0 Å². The van der Waals surface area contributed by atoms with Crippen molar-refractivity contribution in [3.8, 4) is 0 Å². The van der Waals surface area contributed by atoms with Gasteiger partial charge in [-0.2, -0.15) is 4.98 Å². The molecule has 3 heterocycles. The Morgan fingerprint density at radius 2 is 1.82 bits per heavy atom. The number of carbonyl (C=O) groups excluding carboxylic acids is 1. The highest BCUT2D eigenvalue weighted by molar-refractivity contribution is 5.76. The molecule has 33 heavy (non-hydrogen) atoms. The van der Waals surface area contributed by atoms with E-state index in [1.54, 1.807) is 10.8 Å². The third-order valence-corrected chi connectivity index (χ3v) is 6.24. The number of ether oxygens (including phenoxy) is 1. The van der Waals surface area contributed by atoms with E-state index in [1.165, 1.54) is 0 Å². The third kappa shape index (κ3) is 4.37. The average molecular weight is 460 g/mol. The number of anilines is 3. The number of aldehydes is 1. The summed E-state index contributed by atoms with van der Waals surface area (Å²) in [5, 5.41) is 6.00. The molecule has 1 atom stereocenters. The molecule has 3 aromatic rings. The molecule has 2 fully saturated rings. The minimum Gasteiger partial charge on any atom is -0.379 e. The van der Waals surface area contributed by atoms with Crippen LogP contribution in [0.1, 0.15) is 38.1 Å². The van der Waals surface area contributed by atoms with Gasteiger partial charge in [-0.25, -0.2) is 23.1 Å². The van der Waals surface area contributed by atoms with Gasteiger partial charge in [-0.05, 0) is 32.1 Å². The molecule has 8 nitrogen and oxygen atoms in total. The molecule has 0 amide bonds. The molecule has 1 aromatic carbocycles. The van der Waals surface area contributed by atoms with Crippen LogP contribution in [0.5, 0.6) is 0 Å². The van der Waals surface area contributed by atoms with Crippen molar-refractivity contribution in [3.05, 3.63) is 35.8 Å². The van der Waals surface area contributed by atoms with Crippen molar-refractivity contribution in [1.29, 1.82) is 0 Å². The summed E-state index contributed by atoms with van der Waals surface area (Å²) in [4.78, 5) is 24.4. The minimum absolute atomic E-state index is 0.108. The second-order valence-corrected chi connectivity index (χ2v) is 8.49. The Kier molecular flexibility index (Phi) is 5.88. The molecule has 1 saturated carbocycles. The fourth-order valence-corrected chi connectivity index (χ4v) is 4.48. The standard InChI is InChI=1S/C22H23F3N6O2/c23-13-7-16(24)19(17(25)8-13)29-22-28-18-9-26-21(27-14-3-1-12(10-32)2-4-14)30-20(18)31(22)15-5-6-33-11-15/h7-10,12,14-15H,1-6,11H2,(H,28,29)(H,26,27,30)/t12-,14-,15-/m0/s1. The first-order valence-corrected chi connectivity index (χ1v) is 11.0. The highest BCUT2D eigenvalue weighted by atomic mass is 19.1. The number of rotatable bonds is 6. The molecule has 1 saturated heterocycles. The molecule has 0 unspecified atom stereocenters. The molecule has 2 aromatic heterocycles. The summed E-state index contributed by atoms with van der Waals surface area (Å²) in [6.45, 7) is 0.941. The molecule has 5 rings (SSSR count). The predicted octanol–water partition coefficient (Wildman–Crippen LogP) is 4.12. The van der Waals surface area contributed by atoms with Gasteiger partial charge in [-0.15, -0.1) is 0 Å². The summed E-state index contributed by atoms with van der Waals surface area (Å²) in [7, 11) is 0. The van der Waals surface area contributed by atoms with Gasteiger partial charge in [-0.1, -0.05) is 0 Å². The molecular weight excluding hydrogens is 437 g/mol. The van der Waals surface area contributed by atoms with Crippen LogP contribution < -0.4 is 10.6 Å². The van der Waals surface area contributed by atoms with Crippen molar-refractivity contribution in [2.75, 3.05) is 23.8 Å². The Hall–Kier alpha value is -3.21. The van der Waals surface area contributed by atoms with Crippen molar-refractivity contribution in [3.63, 3.8) is 0 Å². The van der Waals surface area contributed by atoms with E-state index in [2.05, 4.69) is 25.6 Å².